The van der Waals surface area contributed by atoms with Crippen LogP contribution >= 0.6 is 18.9 Å². The van der Waals surface area contributed by atoms with Gasteiger partial charge in [0.15, 0.2) is 0 Å². The third-order valence-electron chi connectivity index (χ3n) is 6.02. The Labute approximate surface area is 160 Å². The van der Waals surface area contributed by atoms with Crippen LogP contribution in [0.25, 0.3) is 0 Å². The number of rotatable bonds is 5. The van der Waals surface area contributed by atoms with E-state index in [0.29, 0.717) is 11.3 Å². The molecule has 146 valence electrons. The third-order valence-corrected chi connectivity index (χ3v) is 11.9. The zero-order valence-electron chi connectivity index (χ0n) is 15.0. The SMILES string of the molecule is FC(F)(F)Oc1cccc([P+]([CH-]Cl)(C2CCCCC2)C2CCCCC2)c1. The molecule has 0 spiro atoms. The summed E-state index contributed by atoms with van der Waals surface area (Å²) < 4.78 is 42.4. The number of benzene rings is 1. The van der Waals surface area contributed by atoms with Crippen molar-refractivity contribution in [2.45, 2.75) is 81.9 Å². The highest BCUT2D eigenvalue weighted by molar-refractivity contribution is 7.87. The van der Waals surface area contributed by atoms with E-state index < -0.39 is 13.6 Å². The van der Waals surface area contributed by atoms with Gasteiger partial charge in [-0.25, -0.2) is 0 Å². The fourth-order valence-corrected chi connectivity index (χ4v) is 11.2. The van der Waals surface area contributed by atoms with Gasteiger partial charge in [0.25, 0.3) is 0 Å². The summed E-state index contributed by atoms with van der Waals surface area (Å²) in [5, 5.41) is 0.994. The summed E-state index contributed by atoms with van der Waals surface area (Å²) in [4.78, 5) is 0. The fourth-order valence-electron chi connectivity index (χ4n) is 4.87. The largest absolute Gasteiger partial charge is 0.573 e. The van der Waals surface area contributed by atoms with Crippen molar-refractivity contribution in [1.82, 2.24) is 0 Å². The van der Waals surface area contributed by atoms with Gasteiger partial charge in [0.2, 0.25) is 0 Å². The summed E-state index contributed by atoms with van der Waals surface area (Å²) in [5.74, 6) is -0.121. The van der Waals surface area contributed by atoms with Crippen molar-refractivity contribution in [3.8, 4) is 5.75 Å². The molecule has 0 aromatic heterocycles. The van der Waals surface area contributed by atoms with Crippen molar-refractivity contribution in [2.24, 2.45) is 0 Å². The van der Waals surface area contributed by atoms with Gasteiger partial charge in [0, 0.05) is 17.4 Å². The summed E-state index contributed by atoms with van der Waals surface area (Å²) in [6.07, 6.45) is 7.17. The average Bonchev–Trinajstić information content (AvgIpc) is 2.64. The maximum Gasteiger partial charge on any atom is 0.573 e. The first kappa shape index (κ1) is 20.3. The summed E-state index contributed by atoms with van der Waals surface area (Å²) in [5.41, 5.74) is 2.89. The molecule has 0 unspecified atom stereocenters. The summed E-state index contributed by atoms with van der Waals surface area (Å²) in [6.45, 7) is 0. The Kier molecular flexibility index (Phi) is 6.78. The second-order valence-corrected chi connectivity index (χ2v) is 12.0. The quantitative estimate of drug-likeness (QED) is 0.369. The van der Waals surface area contributed by atoms with Gasteiger partial charge in [-0.1, -0.05) is 31.8 Å². The average molecular weight is 407 g/mol. The molecule has 1 aromatic rings. The number of hydrogen-bond donors (Lipinski definition) is 0. The molecule has 6 heteroatoms. The van der Waals surface area contributed by atoms with Gasteiger partial charge in [-0.2, -0.15) is 0 Å². The van der Waals surface area contributed by atoms with Gasteiger partial charge in [-0.05, 0) is 63.5 Å². The molecule has 2 aliphatic carbocycles. The Balaban J connectivity index is 2.00. The molecule has 2 fully saturated rings. The van der Waals surface area contributed by atoms with Gasteiger partial charge in [0.1, 0.15) is 5.75 Å². The zero-order valence-corrected chi connectivity index (χ0v) is 16.6. The molecule has 1 aromatic carbocycles. The molecule has 0 N–H and O–H groups in total. The number of ether oxygens (including phenoxy) is 1. The maximum absolute atomic E-state index is 12.7. The second kappa shape index (κ2) is 8.69. The minimum atomic E-state index is -4.67. The van der Waals surface area contributed by atoms with Gasteiger partial charge >= 0.3 is 6.36 Å². The third kappa shape index (κ3) is 4.50. The lowest BCUT2D eigenvalue weighted by atomic mass is 9.99. The highest BCUT2D eigenvalue weighted by Gasteiger charge is 2.47. The van der Waals surface area contributed by atoms with Crippen LogP contribution in [0.4, 0.5) is 13.2 Å². The standard InChI is InChI=1S/C20H27ClF3OP/c21-15-26(17-9-3-1-4-10-17,18-11-5-2-6-12-18)19-13-7-8-16(14-19)25-20(22,23)24/h7-8,13-15,17-18H,1-6,9-12H2. The van der Waals surface area contributed by atoms with E-state index in [0.717, 1.165) is 31.0 Å². The highest BCUT2D eigenvalue weighted by Crippen LogP contribution is 2.74. The van der Waals surface area contributed by atoms with Crippen LogP contribution in [-0.2, 0) is 0 Å². The minimum absolute atomic E-state index is 0.121. The molecule has 0 amide bonds. The molecule has 26 heavy (non-hydrogen) atoms. The molecule has 0 heterocycles. The van der Waals surface area contributed by atoms with E-state index in [1.165, 1.54) is 44.6 Å². The second-order valence-electron chi connectivity index (χ2n) is 7.56. The van der Waals surface area contributed by atoms with Crippen molar-refractivity contribution in [3.05, 3.63) is 29.9 Å². The first-order valence-electron chi connectivity index (χ1n) is 9.65. The Hall–Kier alpha value is -0.470. The molecule has 0 bridgehead atoms. The molecule has 1 nitrogen and oxygen atoms in total. The van der Waals surface area contributed by atoms with Gasteiger partial charge in [-0.3, -0.25) is 0 Å². The molecular formula is C20H27ClF3OP. The van der Waals surface area contributed by atoms with E-state index >= 15 is 0 Å². The number of halogens is 4. The zero-order chi connectivity index (χ0) is 18.6. The Morgan fingerprint density at radius 2 is 1.46 bits per heavy atom. The van der Waals surface area contributed by atoms with Gasteiger partial charge in [-0.15, -0.1) is 13.2 Å². The normalized spacial score (nSPS) is 20.9. The predicted molar refractivity (Wildman–Crippen MR) is 104 cm³/mol. The maximum atomic E-state index is 12.7. The van der Waals surface area contributed by atoms with Crippen molar-refractivity contribution in [3.63, 3.8) is 0 Å². The van der Waals surface area contributed by atoms with Crippen molar-refractivity contribution in [2.75, 3.05) is 0 Å². The molecule has 2 aliphatic rings. The van der Waals surface area contributed by atoms with Crippen LogP contribution < -0.4 is 10.0 Å². The Morgan fingerprint density at radius 3 is 1.92 bits per heavy atom. The van der Waals surface area contributed by atoms with Crippen molar-refractivity contribution < 1.29 is 17.9 Å². The van der Waals surface area contributed by atoms with Crippen LogP contribution in [-0.4, -0.2) is 17.7 Å². The first-order valence-corrected chi connectivity index (χ1v) is 12.1. The van der Waals surface area contributed by atoms with Crippen LogP contribution in [0, 0.1) is 5.62 Å². The Morgan fingerprint density at radius 1 is 0.923 bits per heavy atom. The van der Waals surface area contributed by atoms with Crippen LogP contribution in [0.5, 0.6) is 5.75 Å². The summed E-state index contributed by atoms with van der Waals surface area (Å²) in [7, 11) is -1.88. The Bertz CT molecular complexity index is 563. The van der Waals surface area contributed by atoms with E-state index in [1.54, 1.807) is 12.1 Å². The van der Waals surface area contributed by atoms with Crippen LogP contribution in [0.3, 0.4) is 0 Å². The molecular weight excluding hydrogens is 380 g/mol. The molecule has 3 rings (SSSR count). The van der Waals surface area contributed by atoms with E-state index in [2.05, 4.69) is 4.74 Å². The molecule has 0 radical (unpaired) electrons. The van der Waals surface area contributed by atoms with Crippen LogP contribution in [0.15, 0.2) is 24.3 Å². The highest BCUT2D eigenvalue weighted by atomic mass is 35.5. The lowest BCUT2D eigenvalue weighted by Gasteiger charge is -2.48. The van der Waals surface area contributed by atoms with E-state index in [4.69, 9.17) is 11.6 Å². The fraction of sp³-hybridized carbons (Fsp3) is 0.650. The number of alkyl halides is 3. The summed E-state index contributed by atoms with van der Waals surface area (Å²) >= 11 is 6.57. The lowest BCUT2D eigenvalue weighted by molar-refractivity contribution is -0.274. The monoisotopic (exact) mass is 406 g/mol. The van der Waals surface area contributed by atoms with Crippen molar-refractivity contribution >= 4 is 24.2 Å². The van der Waals surface area contributed by atoms with Gasteiger partial charge < -0.3 is 16.3 Å². The topological polar surface area (TPSA) is 9.23 Å². The van der Waals surface area contributed by atoms with E-state index in [-0.39, 0.29) is 5.75 Å². The minimum Gasteiger partial charge on any atom is -0.406 e. The summed E-state index contributed by atoms with van der Waals surface area (Å²) in [6, 6.07) is 6.68. The van der Waals surface area contributed by atoms with Gasteiger partial charge in [0.05, 0.1) is 5.30 Å². The lowest BCUT2D eigenvalue weighted by Crippen LogP contribution is -2.34. The smallest absolute Gasteiger partial charge is 0.406 e. The molecule has 0 aliphatic heterocycles. The van der Waals surface area contributed by atoms with E-state index in [1.807, 2.05) is 11.7 Å². The van der Waals surface area contributed by atoms with E-state index in [9.17, 15) is 13.2 Å². The predicted octanol–water partition coefficient (Wildman–Crippen LogP) is 7.25. The van der Waals surface area contributed by atoms with Crippen LogP contribution in [0.1, 0.15) is 64.2 Å². The van der Waals surface area contributed by atoms with Crippen LogP contribution in [0.2, 0.25) is 0 Å². The van der Waals surface area contributed by atoms with Crippen molar-refractivity contribution in [1.29, 1.82) is 0 Å². The molecule has 0 atom stereocenters. The molecule has 2 saturated carbocycles. The number of hydrogen-bond acceptors (Lipinski definition) is 1. The first-order chi connectivity index (χ1) is 12.5. The molecule has 0 saturated heterocycles.